The van der Waals surface area contributed by atoms with Crippen molar-refractivity contribution in [2.75, 3.05) is 34.5 Å². The molecule has 372 valence electrons. The number of epoxide rings is 1. The van der Waals surface area contributed by atoms with E-state index in [1.54, 1.807) is 34.1 Å². The molecule has 16 atom stereocenters. The molecule has 4 heterocycles. The van der Waals surface area contributed by atoms with Crippen molar-refractivity contribution < 1.29 is 62.9 Å². The number of amides is 1. The lowest BCUT2D eigenvalue weighted by atomic mass is 9.78. The van der Waals surface area contributed by atoms with Gasteiger partial charge in [0.15, 0.2) is 11.6 Å². The standard InChI is InChI=1S/C52H81NO13/c1-31-16-12-11-13-17-32(2)43(61-8)28-39-21-19-37(7)52(60,66-39)51(30-64-51)50(59)53-23-15-14-18-40(53)49(58)65-44(34(4)26-38-20-22-41(54)45(27-38)62-9)29-42(55)33(3)25-36(6)47(57)48(63-10)46(56)35(5)24-31/h11-13,16-17,25,31,34-41,43-45,47-48,54,57,60H,14-15,18-24,26-30H2,1-10H3/t31?,34-,35?,36?,37-,38?,39+,40?,41-,43+,44?,45-,47?,48+,51?,52-/m1/s1. The number of rotatable bonds is 6. The first-order valence-corrected chi connectivity index (χ1v) is 24.6. The summed E-state index contributed by atoms with van der Waals surface area (Å²) in [5, 5.41) is 34.5. The van der Waals surface area contributed by atoms with E-state index >= 15 is 0 Å². The Balaban J connectivity index is 1.48. The lowest BCUT2D eigenvalue weighted by Crippen LogP contribution is -2.65. The van der Waals surface area contributed by atoms with Crippen molar-refractivity contribution >= 4 is 23.4 Å². The molecule has 66 heavy (non-hydrogen) atoms. The molecule has 4 aliphatic heterocycles. The van der Waals surface area contributed by atoms with E-state index in [0.717, 1.165) is 12.0 Å². The van der Waals surface area contributed by atoms with E-state index in [2.05, 4.69) is 0 Å². The van der Waals surface area contributed by atoms with E-state index in [9.17, 15) is 34.5 Å². The molecule has 4 fully saturated rings. The van der Waals surface area contributed by atoms with Crippen LogP contribution in [0.3, 0.4) is 0 Å². The van der Waals surface area contributed by atoms with Gasteiger partial charge in [-0.3, -0.25) is 14.4 Å². The third-order valence-electron chi connectivity index (χ3n) is 15.3. The number of allylic oxidation sites excluding steroid dienone is 6. The molecule has 14 heteroatoms. The van der Waals surface area contributed by atoms with Gasteiger partial charge in [-0.25, -0.2) is 4.79 Å². The fourth-order valence-corrected chi connectivity index (χ4v) is 10.9. The maximum Gasteiger partial charge on any atom is 0.329 e. The highest BCUT2D eigenvalue weighted by Gasteiger charge is 2.72. The number of Topliss-reactive ketones (excluding diaryl/α,β-unsaturated/α-hetero) is 2. The molecule has 1 amide bonds. The van der Waals surface area contributed by atoms with Gasteiger partial charge in [0.25, 0.3) is 5.91 Å². The van der Waals surface area contributed by atoms with Crippen molar-refractivity contribution in [2.24, 2.45) is 35.5 Å². The Morgan fingerprint density at radius 2 is 1.61 bits per heavy atom. The molecule has 5 rings (SSSR count). The normalized spacial score (nSPS) is 40.3. The fourth-order valence-electron chi connectivity index (χ4n) is 10.9. The number of hydrogen-bond donors (Lipinski definition) is 3. The van der Waals surface area contributed by atoms with Gasteiger partial charge in [-0.1, -0.05) is 71.1 Å². The second-order valence-corrected chi connectivity index (χ2v) is 20.4. The van der Waals surface area contributed by atoms with Crippen LogP contribution in [0, 0.1) is 35.5 Å². The lowest BCUT2D eigenvalue weighted by molar-refractivity contribution is -0.309. The third kappa shape index (κ3) is 12.8. The smallest absolute Gasteiger partial charge is 0.329 e. The number of carbonyl (C=O) groups is 4. The molecule has 0 aromatic carbocycles. The first-order valence-electron chi connectivity index (χ1n) is 24.6. The van der Waals surface area contributed by atoms with Crippen LogP contribution < -0.4 is 0 Å². The van der Waals surface area contributed by atoms with Gasteiger partial charge >= 0.3 is 5.97 Å². The van der Waals surface area contributed by atoms with Crippen LogP contribution in [-0.4, -0.2) is 138 Å². The second-order valence-electron chi connectivity index (χ2n) is 20.4. The highest BCUT2D eigenvalue weighted by Crippen LogP contribution is 2.50. The largest absolute Gasteiger partial charge is 0.460 e. The number of hydrogen-bond acceptors (Lipinski definition) is 13. The first kappa shape index (κ1) is 53.9. The summed E-state index contributed by atoms with van der Waals surface area (Å²) < 4.78 is 36.0. The minimum absolute atomic E-state index is 0.0415. The molecule has 0 radical (unpaired) electrons. The molecule has 14 nitrogen and oxygen atoms in total. The quantitative estimate of drug-likeness (QED) is 0.197. The van der Waals surface area contributed by atoms with Crippen LogP contribution in [-0.2, 0) is 47.6 Å². The first-order chi connectivity index (χ1) is 31.3. The van der Waals surface area contributed by atoms with Crippen LogP contribution in [0.5, 0.6) is 0 Å². The minimum atomic E-state index is -1.96. The van der Waals surface area contributed by atoms with E-state index in [0.29, 0.717) is 69.8 Å². The number of cyclic esters (lactones) is 1. The van der Waals surface area contributed by atoms with Crippen molar-refractivity contribution in [2.45, 2.75) is 186 Å². The van der Waals surface area contributed by atoms with Crippen molar-refractivity contribution in [3.8, 4) is 0 Å². The number of carbonyl (C=O) groups excluding carboxylic acids is 4. The summed E-state index contributed by atoms with van der Waals surface area (Å²) in [7, 11) is 4.62. The summed E-state index contributed by atoms with van der Waals surface area (Å²) in [6.45, 7) is 13.2. The Kier molecular flexibility index (Phi) is 19.6. The predicted molar refractivity (Wildman–Crippen MR) is 249 cm³/mol. The molecule has 3 N–H and O–H groups in total. The zero-order valence-electron chi connectivity index (χ0n) is 41.3. The van der Waals surface area contributed by atoms with Crippen molar-refractivity contribution in [1.82, 2.24) is 4.90 Å². The highest BCUT2D eigenvalue weighted by molar-refractivity contribution is 5.96. The maximum atomic E-state index is 14.8. The van der Waals surface area contributed by atoms with Gasteiger partial charge in [0, 0.05) is 58.5 Å². The van der Waals surface area contributed by atoms with E-state index in [-0.39, 0.29) is 61.1 Å². The highest BCUT2D eigenvalue weighted by atomic mass is 16.7. The van der Waals surface area contributed by atoms with Crippen LogP contribution in [0.15, 0.2) is 47.6 Å². The van der Waals surface area contributed by atoms with E-state index < -0.39 is 77.6 Å². The van der Waals surface area contributed by atoms with Gasteiger partial charge in [0.2, 0.25) is 11.4 Å². The molecular formula is C52H81NO13. The number of piperidine rings is 1. The number of nitrogens with zero attached hydrogens (tertiary/aromatic N) is 1. The van der Waals surface area contributed by atoms with E-state index in [1.807, 2.05) is 65.0 Å². The van der Waals surface area contributed by atoms with Crippen LogP contribution in [0.2, 0.25) is 0 Å². The Bertz CT molecular complexity index is 1790. The zero-order valence-corrected chi connectivity index (χ0v) is 41.3. The Morgan fingerprint density at radius 1 is 0.879 bits per heavy atom. The van der Waals surface area contributed by atoms with Gasteiger partial charge < -0.3 is 48.6 Å². The average molecular weight is 928 g/mol. The molecule has 1 spiro atoms. The lowest BCUT2D eigenvalue weighted by Gasteiger charge is -2.47. The number of fused-ring (bicyclic) bond motifs is 4. The average Bonchev–Trinajstić information content (AvgIpc) is 4.12. The summed E-state index contributed by atoms with van der Waals surface area (Å²) in [6.07, 6.45) is 12.7. The second kappa shape index (κ2) is 24.0. The zero-order chi connectivity index (χ0) is 48.5. The van der Waals surface area contributed by atoms with Gasteiger partial charge in [-0.2, -0.15) is 0 Å². The summed E-state index contributed by atoms with van der Waals surface area (Å²) in [5.41, 5.74) is -0.415. The number of methoxy groups -OCH3 is 3. The molecular weight excluding hydrogens is 847 g/mol. The van der Waals surface area contributed by atoms with Crippen molar-refractivity contribution in [3.05, 3.63) is 47.6 Å². The van der Waals surface area contributed by atoms with Gasteiger partial charge in [0.05, 0.1) is 37.1 Å². The summed E-state index contributed by atoms with van der Waals surface area (Å²) in [5.74, 6) is -5.25. The Labute approximate surface area is 393 Å². The predicted octanol–water partition coefficient (Wildman–Crippen LogP) is 6.38. The number of esters is 1. The summed E-state index contributed by atoms with van der Waals surface area (Å²) in [4.78, 5) is 58.8. The van der Waals surface area contributed by atoms with E-state index in [1.165, 1.54) is 12.0 Å². The van der Waals surface area contributed by atoms with Gasteiger partial charge in [-0.05, 0) is 107 Å². The third-order valence-corrected chi connectivity index (χ3v) is 15.3. The topological polar surface area (TPSA) is 191 Å². The van der Waals surface area contributed by atoms with Crippen molar-refractivity contribution in [1.29, 1.82) is 0 Å². The van der Waals surface area contributed by atoms with E-state index in [4.69, 9.17) is 28.4 Å². The minimum Gasteiger partial charge on any atom is -0.460 e. The van der Waals surface area contributed by atoms with Crippen molar-refractivity contribution in [3.63, 3.8) is 0 Å². The van der Waals surface area contributed by atoms with Crippen LogP contribution in [0.1, 0.15) is 126 Å². The SMILES string of the molecule is CO[C@H]1C[C@@H]2CC[C@@H](C)[C@@](O)(O2)C2(CO2)C(=O)N2CCCCC2C(=O)OC([C@H](C)CC2CC[C@@H](O)[C@H](OC)C2)CC(=O)C(C)=CC(C)C(O)[C@@H](OC)C(=O)C(C)CC(C)C=CC=CC=C1C. The Hall–Kier alpha value is -3.08. The summed E-state index contributed by atoms with van der Waals surface area (Å²) in [6, 6.07) is -0.983. The molecule has 1 aliphatic carbocycles. The van der Waals surface area contributed by atoms with Crippen LogP contribution in [0.4, 0.5) is 0 Å². The molecule has 5 aliphatic rings. The molecule has 8 unspecified atom stereocenters. The van der Waals surface area contributed by atoms with Crippen LogP contribution >= 0.6 is 0 Å². The molecule has 0 aromatic rings. The summed E-state index contributed by atoms with van der Waals surface area (Å²) >= 11 is 0. The monoisotopic (exact) mass is 928 g/mol. The number of aliphatic hydroxyl groups is 3. The maximum absolute atomic E-state index is 14.8. The molecule has 2 bridgehead atoms. The molecule has 3 saturated heterocycles. The molecule has 0 aromatic heterocycles. The number of aliphatic hydroxyl groups excluding tert-OH is 2. The fraction of sp³-hybridized carbons (Fsp3) is 0.769. The number of ether oxygens (including phenoxy) is 6. The van der Waals surface area contributed by atoms with Gasteiger partial charge in [0.1, 0.15) is 18.2 Å². The molecule has 1 saturated carbocycles. The number of ketones is 2. The van der Waals surface area contributed by atoms with Gasteiger partial charge in [-0.15, -0.1) is 0 Å². The van der Waals surface area contributed by atoms with Crippen LogP contribution in [0.25, 0.3) is 0 Å². The Morgan fingerprint density at radius 3 is 2.27 bits per heavy atom.